The molecule has 0 aliphatic carbocycles. The van der Waals surface area contributed by atoms with Gasteiger partial charge in [0.2, 0.25) is 0 Å². The van der Waals surface area contributed by atoms with Crippen LogP contribution in [0, 0.1) is 29.9 Å². The van der Waals surface area contributed by atoms with Crippen LogP contribution in [0.15, 0.2) is 42.5 Å². The zero-order valence-corrected chi connectivity index (χ0v) is 15.5. The Kier molecular flexibility index (Phi) is 5.49. The van der Waals surface area contributed by atoms with Crippen LogP contribution in [0.2, 0.25) is 5.02 Å². The summed E-state index contributed by atoms with van der Waals surface area (Å²) in [6.07, 6.45) is 0. The highest BCUT2D eigenvalue weighted by Gasteiger charge is 2.22. The molecule has 1 heterocycles. The number of halogens is 3. The van der Waals surface area contributed by atoms with Crippen LogP contribution in [0.4, 0.5) is 8.78 Å². The minimum absolute atomic E-state index is 0.104. The van der Waals surface area contributed by atoms with Crippen LogP contribution in [0.3, 0.4) is 0 Å². The van der Waals surface area contributed by atoms with Crippen LogP contribution >= 0.6 is 22.9 Å². The Balaban J connectivity index is 1.85. The number of aromatic nitrogens is 1. The highest BCUT2D eigenvalue weighted by Crippen LogP contribution is 2.29. The van der Waals surface area contributed by atoms with E-state index in [1.165, 1.54) is 0 Å². The van der Waals surface area contributed by atoms with Crippen LogP contribution in [-0.2, 0) is 0 Å². The van der Waals surface area contributed by atoms with E-state index < -0.39 is 23.6 Å². The van der Waals surface area contributed by atoms with E-state index in [1.807, 2.05) is 6.07 Å². The van der Waals surface area contributed by atoms with Crippen molar-refractivity contribution >= 4 is 28.8 Å². The number of aryl methyl sites for hydroxylation is 1. The fourth-order valence-electron chi connectivity index (χ4n) is 2.43. The lowest BCUT2D eigenvalue weighted by Gasteiger charge is -2.12. The van der Waals surface area contributed by atoms with Crippen molar-refractivity contribution in [2.75, 3.05) is 0 Å². The van der Waals surface area contributed by atoms with Gasteiger partial charge in [-0.05, 0) is 25.1 Å². The minimum Gasteiger partial charge on any atom is -0.332 e. The third-order valence-electron chi connectivity index (χ3n) is 3.77. The molecule has 0 fully saturated rings. The molecule has 0 aliphatic rings. The van der Waals surface area contributed by atoms with Crippen LogP contribution < -0.4 is 5.32 Å². The molecule has 0 spiro atoms. The summed E-state index contributed by atoms with van der Waals surface area (Å²) in [5.74, 6) is -2.21. The van der Waals surface area contributed by atoms with Crippen molar-refractivity contribution in [1.29, 1.82) is 5.26 Å². The molecule has 8 heteroatoms. The lowest BCUT2D eigenvalue weighted by atomic mass is 10.1. The molecule has 1 N–H and O–H groups in total. The highest BCUT2D eigenvalue weighted by molar-refractivity contribution is 7.17. The average Bonchev–Trinajstić information content (AvgIpc) is 3.02. The third-order valence-corrected chi connectivity index (χ3v) is 5.23. The maximum atomic E-state index is 13.9. The standard InChI is InChI=1S/C19H12ClF2N3OS/c1-10-17(27-19(24-10)11-2-4-12(20)5-3-11)18(26)25-16(9-23)14-7-6-13(21)8-15(14)22/h2-8,16H,1H3,(H,25,26). The SMILES string of the molecule is Cc1nc(-c2ccc(Cl)cc2)sc1C(=O)NC(C#N)c1ccc(F)cc1F. The van der Waals surface area contributed by atoms with E-state index in [0.717, 1.165) is 29.0 Å². The monoisotopic (exact) mass is 403 g/mol. The Morgan fingerprint density at radius 3 is 2.59 bits per heavy atom. The lowest BCUT2D eigenvalue weighted by molar-refractivity contribution is 0.0948. The molecule has 0 radical (unpaired) electrons. The summed E-state index contributed by atoms with van der Waals surface area (Å²) < 4.78 is 27.0. The summed E-state index contributed by atoms with van der Waals surface area (Å²) in [6, 6.07) is 10.4. The Hall–Kier alpha value is -2.82. The van der Waals surface area contributed by atoms with Gasteiger partial charge in [0.15, 0.2) is 0 Å². The van der Waals surface area contributed by atoms with Gasteiger partial charge in [0.1, 0.15) is 27.6 Å². The first-order chi connectivity index (χ1) is 12.9. The van der Waals surface area contributed by atoms with E-state index in [9.17, 15) is 18.8 Å². The van der Waals surface area contributed by atoms with Gasteiger partial charge in [0, 0.05) is 22.2 Å². The second-order valence-corrected chi connectivity index (χ2v) is 7.08. The van der Waals surface area contributed by atoms with Gasteiger partial charge < -0.3 is 5.32 Å². The second-order valence-electron chi connectivity index (χ2n) is 5.64. The van der Waals surface area contributed by atoms with Crippen molar-refractivity contribution in [2.24, 2.45) is 0 Å². The predicted octanol–water partition coefficient (Wildman–Crippen LogP) is 5.04. The maximum Gasteiger partial charge on any atom is 0.264 e. The molecule has 0 bridgehead atoms. The molecule has 3 aromatic rings. The molecule has 27 heavy (non-hydrogen) atoms. The number of carbonyl (C=O) groups is 1. The topological polar surface area (TPSA) is 65.8 Å². The smallest absolute Gasteiger partial charge is 0.264 e. The first-order valence-electron chi connectivity index (χ1n) is 7.78. The van der Waals surface area contributed by atoms with Crippen LogP contribution in [0.1, 0.15) is 27.0 Å². The molecule has 1 amide bonds. The average molecular weight is 404 g/mol. The Morgan fingerprint density at radius 1 is 1.26 bits per heavy atom. The normalized spacial score (nSPS) is 11.7. The minimum atomic E-state index is -1.25. The van der Waals surface area contributed by atoms with Crippen LogP contribution in [0.25, 0.3) is 10.6 Å². The highest BCUT2D eigenvalue weighted by atomic mass is 35.5. The Labute approximate surface area is 163 Å². The van der Waals surface area contributed by atoms with Crippen LogP contribution in [-0.4, -0.2) is 10.9 Å². The number of nitrogens with zero attached hydrogens (tertiary/aromatic N) is 2. The van der Waals surface area contributed by atoms with E-state index in [0.29, 0.717) is 26.7 Å². The first kappa shape index (κ1) is 19.0. The molecule has 0 saturated carbocycles. The van der Waals surface area contributed by atoms with E-state index in [1.54, 1.807) is 31.2 Å². The van der Waals surface area contributed by atoms with Crippen molar-refractivity contribution in [3.63, 3.8) is 0 Å². The number of benzene rings is 2. The molecule has 4 nitrogen and oxygen atoms in total. The number of hydrogen-bond donors (Lipinski definition) is 1. The Morgan fingerprint density at radius 2 is 1.96 bits per heavy atom. The molecule has 3 rings (SSSR count). The number of thiazole rings is 1. The van der Waals surface area contributed by atoms with Gasteiger partial charge in [0.25, 0.3) is 5.91 Å². The van der Waals surface area contributed by atoms with Crippen molar-refractivity contribution in [1.82, 2.24) is 10.3 Å². The van der Waals surface area contributed by atoms with E-state index in [2.05, 4.69) is 10.3 Å². The summed E-state index contributed by atoms with van der Waals surface area (Å²) >= 11 is 7.03. The number of carbonyl (C=O) groups excluding carboxylic acids is 1. The summed E-state index contributed by atoms with van der Waals surface area (Å²) in [6.45, 7) is 1.67. The molecular weight excluding hydrogens is 392 g/mol. The van der Waals surface area contributed by atoms with Gasteiger partial charge in [-0.1, -0.05) is 29.8 Å². The zero-order valence-electron chi connectivity index (χ0n) is 14.0. The number of rotatable bonds is 4. The van der Waals surface area contributed by atoms with Crippen LogP contribution in [0.5, 0.6) is 0 Å². The maximum absolute atomic E-state index is 13.9. The fraction of sp³-hybridized carbons (Fsp3) is 0.105. The van der Waals surface area contributed by atoms with E-state index in [-0.39, 0.29) is 5.56 Å². The van der Waals surface area contributed by atoms with Crippen molar-refractivity contribution in [3.05, 3.63) is 75.3 Å². The number of amides is 1. The van der Waals surface area contributed by atoms with Gasteiger partial charge in [-0.3, -0.25) is 4.79 Å². The molecule has 0 saturated heterocycles. The van der Waals surface area contributed by atoms with E-state index in [4.69, 9.17) is 11.6 Å². The summed E-state index contributed by atoms with van der Waals surface area (Å²) in [4.78, 5) is 17.3. The van der Waals surface area contributed by atoms with Crippen molar-refractivity contribution < 1.29 is 13.6 Å². The predicted molar refractivity (Wildman–Crippen MR) is 99.5 cm³/mol. The largest absolute Gasteiger partial charge is 0.332 e. The van der Waals surface area contributed by atoms with Crippen molar-refractivity contribution in [3.8, 4) is 16.6 Å². The molecule has 136 valence electrons. The molecule has 0 aliphatic heterocycles. The molecule has 1 aromatic heterocycles. The van der Waals surface area contributed by atoms with Gasteiger partial charge >= 0.3 is 0 Å². The van der Waals surface area contributed by atoms with Gasteiger partial charge in [-0.2, -0.15) is 5.26 Å². The summed E-state index contributed by atoms with van der Waals surface area (Å²) in [7, 11) is 0. The second kappa shape index (κ2) is 7.82. The number of nitrogens with one attached hydrogen (secondary N) is 1. The van der Waals surface area contributed by atoms with E-state index >= 15 is 0 Å². The van der Waals surface area contributed by atoms with Gasteiger partial charge in [-0.15, -0.1) is 11.3 Å². The number of nitriles is 1. The summed E-state index contributed by atoms with van der Waals surface area (Å²) in [5, 5.41) is 13.0. The molecule has 1 atom stereocenters. The first-order valence-corrected chi connectivity index (χ1v) is 8.97. The lowest BCUT2D eigenvalue weighted by Crippen LogP contribution is -2.28. The van der Waals surface area contributed by atoms with Gasteiger partial charge in [0.05, 0.1) is 11.8 Å². The molecule has 2 aromatic carbocycles. The zero-order chi connectivity index (χ0) is 19.6. The molecule has 1 unspecified atom stereocenters. The molecular formula is C19H12ClF2N3OS. The third kappa shape index (κ3) is 4.13. The Bertz CT molecular complexity index is 1040. The summed E-state index contributed by atoms with van der Waals surface area (Å²) in [5.41, 5.74) is 1.18. The number of hydrogen-bond acceptors (Lipinski definition) is 4. The van der Waals surface area contributed by atoms with Gasteiger partial charge in [-0.25, -0.2) is 13.8 Å². The fourth-order valence-corrected chi connectivity index (χ4v) is 3.54. The van der Waals surface area contributed by atoms with Crippen molar-refractivity contribution in [2.45, 2.75) is 13.0 Å². The quantitative estimate of drug-likeness (QED) is 0.663.